The zero-order valence-corrected chi connectivity index (χ0v) is 10.4. The van der Waals surface area contributed by atoms with Crippen molar-refractivity contribution in [2.45, 2.75) is 37.8 Å². The topological polar surface area (TPSA) is 34.2 Å². The van der Waals surface area contributed by atoms with Gasteiger partial charge >= 0.3 is 12.3 Å². The highest BCUT2D eigenvalue weighted by Crippen LogP contribution is 2.26. The molecule has 20 heavy (non-hydrogen) atoms. The molecule has 0 atom stereocenters. The number of alkyl halides is 4. The van der Waals surface area contributed by atoms with Gasteiger partial charge in [0.1, 0.15) is 0 Å². The molecular formula is C12H13F5N2O. The van der Waals surface area contributed by atoms with E-state index in [0.717, 1.165) is 12.8 Å². The monoisotopic (exact) mass is 296 g/mol. The second-order valence-corrected chi connectivity index (χ2v) is 4.59. The molecule has 1 saturated carbocycles. The van der Waals surface area contributed by atoms with Crippen molar-refractivity contribution in [3.05, 3.63) is 23.6 Å². The van der Waals surface area contributed by atoms with E-state index >= 15 is 0 Å². The Labute approximate surface area is 112 Å². The largest absolute Gasteiger partial charge is 0.469 e. The van der Waals surface area contributed by atoms with Crippen LogP contribution in [0, 0.1) is 5.82 Å². The molecule has 0 bridgehead atoms. The minimum absolute atomic E-state index is 0.197. The molecule has 8 heteroatoms. The number of hydrogen-bond donors (Lipinski definition) is 1. The number of nitrogens with zero attached hydrogens (tertiary/aromatic N) is 1. The molecule has 112 valence electrons. The van der Waals surface area contributed by atoms with E-state index in [2.05, 4.69) is 15.0 Å². The van der Waals surface area contributed by atoms with Crippen LogP contribution in [0.2, 0.25) is 0 Å². The van der Waals surface area contributed by atoms with E-state index in [9.17, 15) is 22.0 Å². The number of hydrogen-bond acceptors (Lipinski definition) is 3. The van der Waals surface area contributed by atoms with Gasteiger partial charge < -0.3 is 10.1 Å². The van der Waals surface area contributed by atoms with Crippen LogP contribution < -0.4 is 10.1 Å². The fraction of sp³-hybridized carbons (Fsp3) is 0.583. The Balaban J connectivity index is 1.98. The standard InChI is InChI=1S/C12H13F5N2O/c13-9-7(5-19-8-1-2-8)3-4-18-10(9)20-6-12(16,17)11(14)15/h3-4,8,11,19H,1-2,5-6H2. The predicted octanol–water partition coefficient (Wildman–Crippen LogP) is 2.75. The van der Waals surface area contributed by atoms with Gasteiger partial charge in [0, 0.05) is 24.3 Å². The van der Waals surface area contributed by atoms with Crippen molar-refractivity contribution in [3.8, 4) is 5.88 Å². The minimum atomic E-state index is -4.34. The average Bonchev–Trinajstić information content (AvgIpc) is 3.20. The van der Waals surface area contributed by atoms with Crippen molar-refractivity contribution >= 4 is 0 Å². The van der Waals surface area contributed by atoms with Crippen LogP contribution in [0.15, 0.2) is 12.3 Å². The lowest BCUT2D eigenvalue weighted by atomic mass is 10.2. The second kappa shape index (κ2) is 5.90. The van der Waals surface area contributed by atoms with Gasteiger partial charge in [-0.2, -0.15) is 8.78 Å². The van der Waals surface area contributed by atoms with Crippen LogP contribution in [-0.4, -0.2) is 30.0 Å². The summed E-state index contributed by atoms with van der Waals surface area (Å²) < 4.78 is 67.5. The molecule has 1 aliphatic carbocycles. The summed E-state index contributed by atoms with van der Waals surface area (Å²) in [6.07, 6.45) is -0.666. The predicted molar refractivity (Wildman–Crippen MR) is 60.5 cm³/mol. The van der Waals surface area contributed by atoms with Gasteiger partial charge in [-0.15, -0.1) is 0 Å². The maximum Gasteiger partial charge on any atom is 0.340 e. The second-order valence-electron chi connectivity index (χ2n) is 4.59. The van der Waals surface area contributed by atoms with Crippen molar-refractivity contribution in [1.29, 1.82) is 0 Å². The third-order valence-corrected chi connectivity index (χ3v) is 2.82. The highest BCUT2D eigenvalue weighted by molar-refractivity contribution is 5.23. The fourth-order valence-corrected chi connectivity index (χ4v) is 1.47. The van der Waals surface area contributed by atoms with Crippen molar-refractivity contribution in [2.24, 2.45) is 0 Å². The Morgan fingerprint density at radius 2 is 2.10 bits per heavy atom. The maximum atomic E-state index is 13.9. The minimum Gasteiger partial charge on any atom is -0.469 e. The van der Waals surface area contributed by atoms with Crippen LogP contribution >= 0.6 is 0 Å². The number of pyridine rings is 1. The zero-order valence-electron chi connectivity index (χ0n) is 10.4. The Hall–Kier alpha value is -1.44. The Bertz CT molecular complexity index is 465. The van der Waals surface area contributed by atoms with Gasteiger partial charge in [0.25, 0.3) is 5.88 Å². The third-order valence-electron chi connectivity index (χ3n) is 2.82. The molecule has 0 spiro atoms. The van der Waals surface area contributed by atoms with Gasteiger partial charge in [0.15, 0.2) is 12.4 Å². The number of aromatic nitrogens is 1. The SMILES string of the molecule is Fc1c(CNC2CC2)ccnc1OCC(F)(F)C(F)F. The smallest absolute Gasteiger partial charge is 0.340 e. The molecule has 1 aromatic rings. The fourth-order valence-electron chi connectivity index (χ4n) is 1.47. The zero-order chi connectivity index (χ0) is 14.8. The lowest BCUT2D eigenvalue weighted by Crippen LogP contribution is -2.34. The van der Waals surface area contributed by atoms with Gasteiger partial charge in [0.05, 0.1) is 0 Å². The van der Waals surface area contributed by atoms with Crippen LogP contribution in [0.5, 0.6) is 5.88 Å². The van der Waals surface area contributed by atoms with Crippen LogP contribution in [0.25, 0.3) is 0 Å². The van der Waals surface area contributed by atoms with E-state index in [1.807, 2.05) is 0 Å². The molecule has 0 aliphatic heterocycles. The molecule has 0 radical (unpaired) electrons. The molecule has 0 saturated heterocycles. The van der Waals surface area contributed by atoms with E-state index in [4.69, 9.17) is 0 Å². The highest BCUT2D eigenvalue weighted by atomic mass is 19.3. The summed E-state index contributed by atoms with van der Waals surface area (Å²) in [6, 6.07) is 1.72. The number of nitrogens with one attached hydrogen (secondary N) is 1. The Morgan fingerprint density at radius 3 is 2.70 bits per heavy atom. The lowest BCUT2D eigenvalue weighted by Gasteiger charge is -2.16. The molecule has 0 aromatic carbocycles. The molecule has 3 nitrogen and oxygen atoms in total. The molecule has 2 rings (SSSR count). The molecule has 1 aliphatic rings. The first kappa shape index (κ1) is 15.0. The summed E-state index contributed by atoms with van der Waals surface area (Å²) >= 11 is 0. The van der Waals surface area contributed by atoms with E-state index < -0.39 is 30.7 Å². The summed E-state index contributed by atoms with van der Waals surface area (Å²) in [5.74, 6) is -5.94. The summed E-state index contributed by atoms with van der Waals surface area (Å²) in [6.45, 7) is -1.41. The van der Waals surface area contributed by atoms with Gasteiger partial charge in [-0.1, -0.05) is 0 Å². The van der Waals surface area contributed by atoms with Crippen LogP contribution in [0.1, 0.15) is 18.4 Å². The average molecular weight is 296 g/mol. The quantitative estimate of drug-likeness (QED) is 0.786. The Kier molecular flexibility index (Phi) is 4.42. The molecule has 1 aromatic heterocycles. The third kappa shape index (κ3) is 3.78. The van der Waals surface area contributed by atoms with E-state index in [0.29, 0.717) is 6.04 Å². The van der Waals surface area contributed by atoms with E-state index in [-0.39, 0.29) is 12.1 Å². The first-order valence-corrected chi connectivity index (χ1v) is 6.05. The summed E-state index contributed by atoms with van der Waals surface area (Å²) in [7, 11) is 0. The first-order valence-electron chi connectivity index (χ1n) is 6.05. The van der Waals surface area contributed by atoms with Crippen molar-refractivity contribution in [1.82, 2.24) is 10.3 Å². The molecule has 1 N–H and O–H groups in total. The van der Waals surface area contributed by atoms with Gasteiger partial charge in [0.2, 0.25) is 0 Å². The maximum absolute atomic E-state index is 13.9. The van der Waals surface area contributed by atoms with Crippen LogP contribution in [0.4, 0.5) is 22.0 Å². The summed E-state index contributed by atoms with van der Waals surface area (Å²) in [5, 5.41) is 3.04. The van der Waals surface area contributed by atoms with Gasteiger partial charge in [-0.25, -0.2) is 18.2 Å². The van der Waals surface area contributed by atoms with Crippen molar-refractivity contribution < 1.29 is 26.7 Å². The normalized spacial score (nSPS) is 15.7. The number of ether oxygens (including phenoxy) is 1. The van der Waals surface area contributed by atoms with Crippen LogP contribution in [0.3, 0.4) is 0 Å². The summed E-state index contributed by atoms with van der Waals surface area (Å²) in [4.78, 5) is 3.44. The van der Waals surface area contributed by atoms with Crippen LogP contribution in [-0.2, 0) is 6.54 Å². The molecule has 1 heterocycles. The van der Waals surface area contributed by atoms with E-state index in [1.54, 1.807) is 0 Å². The van der Waals surface area contributed by atoms with Gasteiger partial charge in [-0.05, 0) is 18.9 Å². The van der Waals surface area contributed by atoms with E-state index in [1.165, 1.54) is 12.3 Å². The first-order chi connectivity index (χ1) is 9.40. The molecular weight excluding hydrogens is 283 g/mol. The lowest BCUT2D eigenvalue weighted by molar-refractivity contribution is -0.149. The summed E-state index contributed by atoms with van der Waals surface area (Å²) in [5.41, 5.74) is 0.197. The number of rotatable bonds is 7. The van der Waals surface area contributed by atoms with Crippen molar-refractivity contribution in [3.63, 3.8) is 0 Å². The Morgan fingerprint density at radius 1 is 1.40 bits per heavy atom. The van der Waals surface area contributed by atoms with Gasteiger partial charge in [-0.3, -0.25) is 0 Å². The molecule has 0 unspecified atom stereocenters. The molecule has 1 fully saturated rings. The van der Waals surface area contributed by atoms with Crippen molar-refractivity contribution in [2.75, 3.05) is 6.61 Å². The molecule has 0 amide bonds. The number of halogens is 5. The highest BCUT2D eigenvalue weighted by Gasteiger charge is 2.42.